The van der Waals surface area contributed by atoms with Crippen LogP contribution in [0.25, 0.3) is 11.1 Å². The highest BCUT2D eigenvalue weighted by Gasteiger charge is 2.26. The summed E-state index contributed by atoms with van der Waals surface area (Å²) in [6, 6.07) is 18.3. The van der Waals surface area contributed by atoms with Gasteiger partial charge in [0.25, 0.3) is 5.91 Å². The lowest BCUT2D eigenvalue weighted by Crippen LogP contribution is -2.15. The van der Waals surface area contributed by atoms with Gasteiger partial charge in [-0.3, -0.25) is 4.79 Å². The molecular formula is C41H49NO2. The van der Waals surface area contributed by atoms with Crippen molar-refractivity contribution in [2.45, 2.75) is 92.4 Å². The second kappa shape index (κ2) is 15.6. The van der Waals surface area contributed by atoms with Gasteiger partial charge in [-0.1, -0.05) is 93.0 Å². The van der Waals surface area contributed by atoms with E-state index in [1.807, 2.05) is 49.4 Å². The number of carbonyl (C=O) groups excluding carboxylic acids is 1. The number of rotatable bonds is 12. The summed E-state index contributed by atoms with van der Waals surface area (Å²) in [6.07, 6.45) is 17.7. The number of hydrogen-bond donors (Lipinski definition) is 2. The second-order valence-corrected chi connectivity index (χ2v) is 12.2. The average Bonchev–Trinajstić information content (AvgIpc) is 2.97. The number of allylic oxidation sites excluding steroid dienone is 8. The summed E-state index contributed by atoms with van der Waals surface area (Å²) in [7, 11) is 0. The van der Waals surface area contributed by atoms with Crippen molar-refractivity contribution in [2.24, 2.45) is 0 Å². The molecule has 0 saturated heterocycles. The number of benzene rings is 3. The van der Waals surface area contributed by atoms with Crippen LogP contribution in [0, 0.1) is 6.92 Å². The fourth-order valence-corrected chi connectivity index (χ4v) is 5.97. The molecule has 0 aliphatic heterocycles. The third-order valence-electron chi connectivity index (χ3n) is 8.83. The standard InChI is InChI=1S/C41H49NO2/c1-7-10-11-15-34(14-9-3)40-38(33-16-12-17-33)26-36(27-39(40)43)42-41(44)35-22-20-31(21-23-35)24-32-19-18-29(5)37(25-32)30(6)28(4)13-8-2/h9-11,14-15,18-23,25-27,33,43H,7-8,12-13,16-17,24H2,1-6H3,(H,42,44)/b11-10+,14-9-,30-28-,34-15+. The number of aromatic hydroxyl groups is 1. The minimum atomic E-state index is -0.178. The number of aryl methyl sites for hydroxylation is 1. The van der Waals surface area contributed by atoms with E-state index in [1.54, 1.807) is 6.07 Å². The molecular weight excluding hydrogens is 538 g/mol. The molecule has 3 nitrogen and oxygen atoms in total. The lowest BCUT2D eigenvalue weighted by molar-refractivity contribution is 0.102. The van der Waals surface area contributed by atoms with Crippen molar-refractivity contribution < 1.29 is 9.90 Å². The zero-order chi connectivity index (χ0) is 31.6. The topological polar surface area (TPSA) is 49.3 Å². The van der Waals surface area contributed by atoms with Crippen LogP contribution in [0.15, 0.2) is 90.6 Å². The van der Waals surface area contributed by atoms with Crippen molar-refractivity contribution in [3.63, 3.8) is 0 Å². The lowest BCUT2D eigenvalue weighted by Gasteiger charge is -2.29. The molecule has 0 atom stereocenters. The quantitative estimate of drug-likeness (QED) is 0.207. The molecule has 0 unspecified atom stereocenters. The monoisotopic (exact) mass is 587 g/mol. The van der Waals surface area contributed by atoms with Crippen molar-refractivity contribution in [2.75, 3.05) is 5.32 Å². The van der Waals surface area contributed by atoms with Crippen molar-refractivity contribution in [3.8, 4) is 5.75 Å². The van der Waals surface area contributed by atoms with Gasteiger partial charge in [0.05, 0.1) is 0 Å². The smallest absolute Gasteiger partial charge is 0.255 e. The summed E-state index contributed by atoms with van der Waals surface area (Å²) in [5.74, 6) is 0.401. The zero-order valence-electron chi connectivity index (χ0n) is 27.5. The molecule has 1 aliphatic rings. The van der Waals surface area contributed by atoms with Gasteiger partial charge in [-0.25, -0.2) is 0 Å². The van der Waals surface area contributed by atoms with Gasteiger partial charge < -0.3 is 10.4 Å². The number of phenols is 1. The Kier molecular flexibility index (Phi) is 11.6. The first-order chi connectivity index (χ1) is 21.2. The van der Waals surface area contributed by atoms with E-state index in [1.165, 1.54) is 34.3 Å². The first kappa shape index (κ1) is 32.8. The molecule has 4 rings (SSSR count). The van der Waals surface area contributed by atoms with Crippen LogP contribution in [0.3, 0.4) is 0 Å². The fraction of sp³-hybridized carbons (Fsp3) is 0.341. The fourth-order valence-electron chi connectivity index (χ4n) is 5.97. The van der Waals surface area contributed by atoms with Crippen LogP contribution in [0.4, 0.5) is 5.69 Å². The van der Waals surface area contributed by atoms with Crippen LogP contribution < -0.4 is 5.32 Å². The summed E-state index contributed by atoms with van der Waals surface area (Å²) < 4.78 is 0. The minimum Gasteiger partial charge on any atom is -0.507 e. The predicted molar refractivity (Wildman–Crippen MR) is 188 cm³/mol. The van der Waals surface area contributed by atoms with Crippen LogP contribution in [-0.4, -0.2) is 11.0 Å². The number of nitrogens with one attached hydrogen (secondary N) is 1. The number of hydrogen-bond acceptors (Lipinski definition) is 2. The lowest BCUT2D eigenvalue weighted by atomic mass is 9.76. The van der Waals surface area contributed by atoms with Crippen molar-refractivity contribution in [1.29, 1.82) is 0 Å². The molecule has 0 spiro atoms. The Morgan fingerprint density at radius 3 is 2.36 bits per heavy atom. The number of anilines is 1. The van der Waals surface area contributed by atoms with E-state index in [0.717, 1.165) is 60.8 Å². The van der Waals surface area contributed by atoms with Gasteiger partial charge in [0, 0.05) is 22.9 Å². The third kappa shape index (κ3) is 8.08. The molecule has 3 aromatic carbocycles. The molecule has 3 aromatic rings. The normalized spacial score (nSPS) is 14.6. The van der Waals surface area contributed by atoms with Gasteiger partial charge in [0.2, 0.25) is 0 Å². The summed E-state index contributed by atoms with van der Waals surface area (Å²) in [5.41, 5.74) is 12.0. The molecule has 1 fully saturated rings. The SMILES string of the molecule is C\C=C/C(=C\C=C\CC)c1c(O)cc(NC(=O)c2ccc(Cc3ccc(C)c(/C(C)=C(/C)CCC)c3)cc2)cc1C1CCC1. The molecule has 0 heterocycles. The van der Waals surface area contributed by atoms with E-state index in [-0.39, 0.29) is 11.7 Å². The maximum absolute atomic E-state index is 13.3. The zero-order valence-corrected chi connectivity index (χ0v) is 27.5. The van der Waals surface area contributed by atoms with Crippen LogP contribution in [-0.2, 0) is 6.42 Å². The Labute approximate surface area is 265 Å². The maximum atomic E-state index is 13.3. The molecule has 0 bridgehead atoms. The first-order valence-electron chi connectivity index (χ1n) is 16.3. The van der Waals surface area contributed by atoms with E-state index in [0.29, 0.717) is 17.2 Å². The van der Waals surface area contributed by atoms with E-state index >= 15 is 0 Å². The van der Waals surface area contributed by atoms with Crippen molar-refractivity contribution in [3.05, 3.63) is 129 Å². The highest BCUT2D eigenvalue weighted by atomic mass is 16.3. The van der Waals surface area contributed by atoms with Gasteiger partial charge in [-0.05, 0) is 123 Å². The highest BCUT2D eigenvalue weighted by molar-refractivity contribution is 6.04. The Balaban J connectivity index is 1.53. The summed E-state index contributed by atoms with van der Waals surface area (Å²) in [6.45, 7) is 13.0. The average molecular weight is 588 g/mol. The molecule has 44 heavy (non-hydrogen) atoms. The van der Waals surface area contributed by atoms with E-state index in [2.05, 4.69) is 76.4 Å². The third-order valence-corrected chi connectivity index (χ3v) is 8.83. The van der Waals surface area contributed by atoms with Crippen LogP contribution in [0.5, 0.6) is 5.75 Å². The molecule has 0 radical (unpaired) electrons. The number of amides is 1. The van der Waals surface area contributed by atoms with Crippen LogP contribution >= 0.6 is 0 Å². The van der Waals surface area contributed by atoms with Gasteiger partial charge in [-0.15, -0.1) is 0 Å². The Morgan fingerprint density at radius 2 is 1.73 bits per heavy atom. The Morgan fingerprint density at radius 1 is 1.00 bits per heavy atom. The van der Waals surface area contributed by atoms with Crippen molar-refractivity contribution >= 4 is 22.7 Å². The summed E-state index contributed by atoms with van der Waals surface area (Å²) in [4.78, 5) is 13.3. The van der Waals surface area contributed by atoms with Gasteiger partial charge in [0.15, 0.2) is 0 Å². The van der Waals surface area contributed by atoms with Crippen LogP contribution in [0.2, 0.25) is 0 Å². The molecule has 2 N–H and O–H groups in total. The minimum absolute atomic E-state index is 0.178. The number of phenolic OH excluding ortho intramolecular Hbond substituents is 1. The van der Waals surface area contributed by atoms with Gasteiger partial charge in [0.1, 0.15) is 5.75 Å². The molecule has 3 heteroatoms. The molecule has 0 aromatic heterocycles. The van der Waals surface area contributed by atoms with Gasteiger partial charge >= 0.3 is 0 Å². The maximum Gasteiger partial charge on any atom is 0.255 e. The molecule has 230 valence electrons. The second-order valence-electron chi connectivity index (χ2n) is 12.2. The molecule has 1 amide bonds. The Hall–Kier alpha value is -4.11. The van der Waals surface area contributed by atoms with E-state index in [4.69, 9.17) is 0 Å². The first-order valence-corrected chi connectivity index (χ1v) is 16.3. The van der Waals surface area contributed by atoms with E-state index in [9.17, 15) is 9.90 Å². The summed E-state index contributed by atoms with van der Waals surface area (Å²) >= 11 is 0. The molecule has 1 saturated carbocycles. The van der Waals surface area contributed by atoms with Gasteiger partial charge in [-0.2, -0.15) is 0 Å². The number of carbonyl (C=O) groups is 1. The van der Waals surface area contributed by atoms with Crippen molar-refractivity contribution in [1.82, 2.24) is 0 Å². The van der Waals surface area contributed by atoms with E-state index < -0.39 is 0 Å². The largest absolute Gasteiger partial charge is 0.507 e. The molecule has 1 aliphatic carbocycles. The predicted octanol–water partition coefficient (Wildman–Crippen LogP) is 11.3. The highest BCUT2D eigenvalue weighted by Crippen LogP contribution is 2.44. The summed E-state index contributed by atoms with van der Waals surface area (Å²) in [5, 5.41) is 14.3. The Bertz CT molecular complexity index is 1580. The van der Waals surface area contributed by atoms with Crippen LogP contribution in [0.1, 0.15) is 123 Å².